The molecule has 1 saturated heterocycles. The van der Waals surface area contributed by atoms with Gasteiger partial charge in [-0.25, -0.2) is 0 Å². The van der Waals surface area contributed by atoms with Crippen molar-refractivity contribution in [3.8, 4) is 5.75 Å². The van der Waals surface area contributed by atoms with Gasteiger partial charge in [0.1, 0.15) is 24.5 Å². The lowest BCUT2D eigenvalue weighted by Crippen LogP contribution is -2.37. The first-order valence-electron chi connectivity index (χ1n) is 10.2. The van der Waals surface area contributed by atoms with Gasteiger partial charge in [-0.3, -0.25) is 29.4 Å². The van der Waals surface area contributed by atoms with Crippen molar-refractivity contribution in [1.82, 2.24) is 4.90 Å². The number of nitro groups is 1. The number of rotatable bonds is 7. The summed E-state index contributed by atoms with van der Waals surface area (Å²) in [6.45, 7) is 4.92. The van der Waals surface area contributed by atoms with Crippen molar-refractivity contribution >= 4 is 85.8 Å². The predicted octanol–water partition coefficient (Wildman–Crippen LogP) is 5.76. The first kappa shape index (κ1) is 27.4. The number of hydrogen-bond donors (Lipinski definition) is 0. The Bertz CT molecular complexity index is 1200. The van der Waals surface area contributed by atoms with Crippen LogP contribution in [0.15, 0.2) is 41.3 Å². The van der Waals surface area contributed by atoms with Crippen molar-refractivity contribution < 1.29 is 28.8 Å². The van der Waals surface area contributed by atoms with Gasteiger partial charge < -0.3 is 9.47 Å². The van der Waals surface area contributed by atoms with Gasteiger partial charge in [0, 0.05) is 12.1 Å². The predicted molar refractivity (Wildman–Crippen MR) is 148 cm³/mol. The molecule has 0 bridgehead atoms. The van der Waals surface area contributed by atoms with E-state index >= 15 is 0 Å². The molecule has 3 rings (SSSR count). The average molecular weight is 722 g/mol. The van der Waals surface area contributed by atoms with Crippen LogP contribution in [0.3, 0.4) is 0 Å². The first-order chi connectivity index (χ1) is 16.3. The summed E-state index contributed by atoms with van der Waals surface area (Å²) in [4.78, 5) is 48.5. The summed E-state index contributed by atoms with van der Waals surface area (Å²) in [6, 6.07) is 9.76. The minimum Gasteiger partial charge on any atom is -0.487 e. The van der Waals surface area contributed by atoms with Gasteiger partial charge in [0.2, 0.25) is 0 Å². The lowest BCUT2D eigenvalue weighted by atomic mass is 10.2. The van der Waals surface area contributed by atoms with Crippen LogP contribution in [0.25, 0.3) is 6.08 Å². The normalized spacial score (nSPS) is 15.0. The number of nitro benzene ring substituents is 1. The molecule has 1 fully saturated rings. The van der Waals surface area contributed by atoms with Gasteiger partial charge >= 0.3 is 5.97 Å². The molecule has 9 nitrogen and oxygen atoms in total. The van der Waals surface area contributed by atoms with Gasteiger partial charge in [-0.05, 0) is 119 Å². The quantitative estimate of drug-likeness (QED) is 0.117. The third kappa shape index (κ3) is 7.39. The number of thioether (sulfide) groups is 1. The number of carbonyl (C=O) groups is 3. The Kier molecular flexibility index (Phi) is 8.80. The second-order valence-electron chi connectivity index (χ2n) is 8.38. The number of hydrogen-bond acceptors (Lipinski definition) is 8. The van der Waals surface area contributed by atoms with E-state index in [4.69, 9.17) is 9.47 Å². The summed E-state index contributed by atoms with van der Waals surface area (Å²) in [7, 11) is 0. The van der Waals surface area contributed by atoms with Crippen molar-refractivity contribution in [2.24, 2.45) is 0 Å². The zero-order valence-electron chi connectivity index (χ0n) is 18.9. The molecule has 35 heavy (non-hydrogen) atoms. The maximum Gasteiger partial charge on any atom is 0.326 e. The Balaban J connectivity index is 1.71. The van der Waals surface area contributed by atoms with Crippen molar-refractivity contribution in [3.63, 3.8) is 0 Å². The Labute approximate surface area is 233 Å². The summed E-state index contributed by atoms with van der Waals surface area (Å²) >= 11 is 5.01. The molecule has 0 radical (unpaired) electrons. The molecule has 0 aromatic heterocycles. The zero-order valence-corrected chi connectivity index (χ0v) is 24.0. The Morgan fingerprint density at radius 1 is 1.14 bits per heavy atom. The van der Waals surface area contributed by atoms with Gasteiger partial charge in [-0.2, -0.15) is 0 Å². The molecule has 184 valence electrons. The average Bonchev–Trinajstić information content (AvgIpc) is 2.99. The number of ether oxygens (including phenoxy) is 2. The van der Waals surface area contributed by atoms with E-state index in [2.05, 4.69) is 45.2 Å². The SMILES string of the molecule is CC(C)(C)OC(=O)CN1C(=O)SC(=Cc2cc(I)c(OCc3ccc([N+](=O)[O-])cc3)c(I)c2)C1=O. The second kappa shape index (κ2) is 11.2. The molecule has 0 spiro atoms. The number of carbonyl (C=O) groups excluding carboxylic acids is 3. The third-order valence-electron chi connectivity index (χ3n) is 4.43. The Hall–Kier alpha value is -2.20. The van der Waals surface area contributed by atoms with Crippen molar-refractivity contribution in [2.75, 3.05) is 6.54 Å². The lowest BCUT2D eigenvalue weighted by molar-refractivity contribution is -0.384. The van der Waals surface area contributed by atoms with E-state index in [1.165, 1.54) is 12.1 Å². The highest BCUT2D eigenvalue weighted by Crippen LogP contribution is 2.35. The molecule has 1 heterocycles. The van der Waals surface area contributed by atoms with Crippen LogP contribution in [0.4, 0.5) is 10.5 Å². The number of non-ortho nitro benzene ring substituents is 1. The van der Waals surface area contributed by atoms with Gasteiger partial charge in [0.05, 0.1) is 17.0 Å². The smallest absolute Gasteiger partial charge is 0.326 e. The van der Waals surface area contributed by atoms with Crippen molar-refractivity contribution in [2.45, 2.75) is 33.0 Å². The zero-order chi connectivity index (χ0) is 25.9. The van der Waals surface area contributed by atoms with Gasteiger partial charge in [-0.1, -0.05) is 0 Å². The van der Waals surface area contributed by atoms with Crippen LogP contribution in [0, 0.1) is 17.3 Å². The second-order valence-corrected chi connectivity index (χ2v) is 11.7. The molecule has 1 aliphatic heterocycles. The van der Waals surface area contributed by atoms with Crippen LogP contribution in [-0.2, 0) is 20.9 Å². The van der Waals surface area contributed by atoms with E-state index in [0.29, 0.717) is 11.3 Å². The highest BCUT2D eigenvalue weighted by molar-refractivity contribution is 14.1. The number of amides is 2. The number of nitrogens with zero attached hydrogens (tertiary/aromatic N) is 2. The molecule has 2 aromatic carbocycles. The maximum atomic E-state index is 12.7. The van der Waals surface area contributed by atoms with E-state index in [0.717, 1.165) is 29.4 Å². The molecular weight excluding hydrogens is 702 g/mol. The third-order valence-corrected chi connectivity index (χ3v) is 6.94. The summed E-state index contributed by atoms with van der Waals surface area (Å²) in [5.74, 6) is -0.561. The largest absolute Gasteiger partial charge is 0.487 e. The minimum absolute atomic E-state index is 0.0118. The summed E-state index contributed by atoms with van der Waals surface area (Å²) in [6.07, 6.45) is 1.60. The highest BCUT2D eigenvalue weighted by atomic mass is 127. The van der Waals surface area contributed by atoms with Gasteiger partial charge in [0.25, 0.3) is 16.8 Å². The molecule has 1 aliphatic rings. The fourth-order valence-electron chi connectivity index (χ4n) is 2.96. The molecule has 0 atom stereocenters. The van der Waals surface area contributed by atoms with E-state index in [1.54, 1.807) is 39.0 Å². The van der Waals surface area contributed by atoms with E-state index < -0.39 is 34.2 Å². The van der Waals surface area contributed by atoms with Crippen LogP contribution in [0.1, 0.15) is 31.9 Å². The monoisotopic (exact) mass is 722 g/mol. The van der Waals surface area contributed by atoms with Gasteiger partial charge in [0.15, 0.2) is 0 Å². The fourth-order valence-corrected chi connectivity index (χ4v) is 5.93. The topological polar surface area (TPSA) is 116 Å². The minimum atomic E-state index is -0.718. The van der Waals surface area contributed by atoms with Crippen molar-refractivity contribution in [3.05, 3.63) is 69.7 Å². The number of halogens is 2. The van der Waals surface area contributed by atoms with Gasteiger partial charge in [-0.15, -0.1) is 0 Å². The lowest BCUT2D eigenvalue weighted by Gasteiger charge is -2.21. The fraction of sp³-hybridized carbons (Fsp3) is 0.261. The maximum absolute atomic E-state index is 12.7. The molecule has 0 unspecified atom stereocenters. The Morgan fingerprint density at radius 2 is 1.74 bits per heavy atom. The molecule has 0 aliphatic carbocycles. The van der Waals surface area contributed by atoms with Crippen molar-refractivity contribution in [1.29, 1.82) is 0 Å². The molecule has 0 saturated carbocycles. The first-order valence-corrected chi connectivity index (χ1v) is 13.1. The van der Waals surface area contributed by atoms with Crippen LogP contribution >= 0.6 is 56.9 Å². The molecule has 2 amide bonds. The molecule has 2 aromatic rings. The molecular formula is C23H20I2N2O7S. The van der Waals surface area contributed by atoms with Crippen LogP contribution in [0.5, 0.6) is 5.75 Å². The number of benzene rings is 2. The Morgan fingerprint density at radius 3 is 2.29 bits per heavy atom. The summed E-state index contributed by atoms with van der Waals surface area (Å²) < 4.78 is 12.7. The standard InChI is InChI=1S/C23H20I2N2O7S/c1-23(2,3)34-19(28)11-26-21(29)18(35-22(26)30)10-14-8-16(24)20(17(25)9-14)33-12-13-4-6-15(7-5-13)27(31)32/h4-10H,11-12H2,1-3H3. The van der Waals surface area contributed by atoms with Crippen LogP contribution < -0.4 is 4.74 Å². The summed E-state index contributed by atoms with van der Waals surface area (Å²) in [5, 5.41) is 10.3. The molecule has 0 N–H and O–H groups in total. The van der Waals surface area contributed by atoms with E-state index in [-0.39, 0.29) is 17.2 Å². The van der Waals surface area contributed by atoms with Crippen LogP contribution in [-0.4, -0.2) is 39.1 Å². The van der Waals surface area contributed by atoms with Crippen LogP contribution in [0.2, 0.25) is 0 Å². The number of esters is 1. The number of imide groups is 1. The molecule has 12 heteroatoms. The summed E-state index contributed by atoms with van der Waals surface area (Å²) in [5.41, 5.74) is 0.775. The van der Waals surface area contributed by atoms with E-state index in [1.807, 2.05) is 12.1 Å². The highest BCUT2D eigenvalue weighted by Gasteiger charge is 2.37. The van der Waals surface area contributed by atoms with E-state index in [9.17, 15) is 24.5 Å².